The van der Waals surface area contributed by atoms with Crippen molar-refractivity contribution in [1.29, 1.82) is 0 Å². The lowest BCUT2D eigenvalue weighted by atomic mass is 9.67. The van der Waals surface area contributed by atoms with Crippen molar-refractivity contribution in [3.8, 4) is 0 Å². The van der Waals surface area contributed by atoms with E-state index in [0.29, 0.717) is 23.7 Å². The first-order chi connectivity index (χ1) is 9.79. The van der Waals surface area contributed by atoms with Crippen molar-refractivity contribution < 1.29 is 4.74 Å². The van der Waals surface area contributed by atoms with E-state index in [0.717, 1.165) is 24.9 Å². The molecule has 124 valence electrons. The van der Waals surface area contributed by atoms with Crippen LogP contribution in [0.3, 0.4) is 0 Å². The number of nitrogens with zero attached hydrogens (tertiary/aromatic N) is 1. The third kappa shape index (κ3) is 4.67. The number of ether oxygens (including phenoxy) is 1. The van der Waals surface area contributed by atoms with Crippen LogP contribution in [0.1, 0.15) is 53.9 Å². The topological polar surface area (TPSA) is 24.5 Å². The molecule has 0 aromatic rings. The van der Waals surface area contributed by atoms with E-state index in [1.165, 1.54) is 25.8 Å². The van der Waals surface area contributed by atoms with E-state index < -0.39 is 0 Å². The molecule has 0 aromatic carbocycles. The first kappa shape index (κ1) is 17.2. The van der Waals surface area contributed by atoms with Crippen LogP contribution in [0.2, 0.25) is 0 Å². The van der Waals surface area contributed by atoms with Crippen molar-refractivity contribution in [3.05, 3.63) is 0 Å². The molecule has 0 radical (unpaired) electrons. The predicted molar refractivity (Wildman–Crippen MR) is 89.6 cm³/mol. The third-order valence-electron chi connectivity index (χ3n) is 5.57. The van der Waals surface area contributed by atoms with Crippen molar-refractivity contribution in [1.82, 2.24) is 10.2 Å². The predicted octanol–water partition coefficient (Wildman–Crippen LogP) is 3.15. The van der Waals surface area contributed by atoms with E-state index in [1.807, 2.05) is 0 Å². The Bertz CT molecular complexity index is 316. The molecule has 0 spiro atoms. The number of morpholine rings is 1. The maximum atomic E-state index is 5.88. The Morgan fingerprint density at radius 2 is 1.71 bits per heavy atom. The van der Waals surface area contributed by atoms with Crippen LogP contribution in [0.25, 0.3) is 0 Å². The lowest BCUT2D eigenvalue weighted by molar-refractivity contribution is -0.0753. The first-order valence-electron chi connectivity index (χ1n) is 8.84. The lowest BCUT2D eigenvalue weighted by Gasteiger charge is -2.45. The lowest BCUT2D eigenvalue weighted by Crippen LogP contribution is -2.51. The van der Waals surface area contributed by atoms with Crippen molar-refractivity contribution in [2.75, 3.05) is 26.7 Å². The molecule has 21 heavy (non-hydrogen) atoms. The van der Waals surface area contributed by atoms with Crippen LogP contribution < -0.4 is 5.32 Å². The normalized spacial score (nSPS) is 39.4. The Morgan fingerprint density at radius 1 is 1.10 bits per heavy atom. The van der Waals surface area contributed by atoms with Crippen molar-refractivity contribution in [3.63, 3.8) is 0 Å². The van der Waals surface area contributed by atoms with Gasteiger partial charge in [-0.25, -0.2) is 0 Å². The van der Waals surface area contributed by atoms with Gasteiger partial charge in [-0.3, -0.25) is 4.90 Å². The van der Waals surface area contributed by atoms with Gasteiger partial charge in [0, 0.05) is 25.7 Å². The summed E-state index contributed by atoms with van der Waals surface area (Å²) in [7, 11) is 2.14. The highest BCUT2D eigenvalue weighted by Gasteiger charge is 2.36. The largest absolute Gasteiger partial charge is 0.373 e. The quantitative estimate of drug-likeness (QED) is 0.866. The minimum absolute atomic E-state index is 0.379. The molecule has 0 aromatic heterocycles. The van der Waals surface area contributed by atoms with Gasteiger partial charge in [0.25, 0.3) is 0 Å². The molecule has 1 heterocycles. The van der Waals surface area contributed by atoms with E-state index in [2.05, 4.69) is 51.9 Å². The Hall–Kier alpha value is -0.120. The van der Waals surface area contributed by atoms with Crippen LogP contribution in [0.5, 0.6) is 0 Å². The number of nitrogens with one attached hydrogen (secondary N) is 1. The van der Waals surface area contributed by atoms with Crippen molar-refractivity contribution in [2.24, 2.45) is 17.3 Å². The van der Waals surface area contributed by atoms with E-state index in [1.54, 1.807) is 0 Å². The molecular formula is C18H36N2O. The molecule has 5 atom stereocenters. The fourth-order valence-corrected chi connectivity index (χ4v) is 4.40. The average molecular weight is 296 g/mol. The highest BCUT2D eigenvalue weighted by atomic mass is 16.5. The van der Waals surface area contributed by atoms with Gasteiger partial charge in [-0.1, -0.05) is 20.8 Å². The van der Waals surface area contributed by atoms with Crippen LogP contribution >= 0.6 is 0 Å². The van der Waals surface area contributed by atoms with Gasteiger partial charge < -0.3 is 10.1 Å². The summed E-state index contributed by atoms with van der Waals surface area (Å²) in [5, 5.41) is 3.58. The fourth-order valence-electron chi connectivity index (χ4n) is 4.40. The molecule has 3 nitrogen and oxygen atoms in total. The van der Waals surface area contributed by atoms with Gasteiger partial charge in [0.15, 0.2) is 0 Å². The van der Waals surface area contributed by atoms with Crippen LogP contribution in [0, 0.1) is 17.3 Å². The molecule has 1 N–H and O–H groups in total. The summed E-state index contributed by atoms with van der Waals surface area (Å²) < 4.78 is 5.88. The second kappa shape index (κ2) is 6.97. The summed E-state index contributed by atoms with van der Waals surface area (Å²) in [5.41, 5.74) is 0.447. The van der Waals surface area contributed by atoms with Crippen LogP contribution in [-0.2, 0) is 4.74 Å². The molecule has 0 bridgehead atoms. The van der Waals surface area contributed by atoms with E-state index >= 15 is 0 Å². The maximum Gasteiger partial charge on any atom is 0.0678 e. The molecular weight excluding hydrogens is 260 g/mol. The summed E-state index contributed by atoms with van der Waals surface area (Å²) in [6, 6.07) is 0.692. The monoisotopic (exact) mass is 296 g/mol. The molecule has 1 aliphatic heterocycles. The van der Waals surface area contributed by atoms with E-state index in [-0.39, 0.29) is 0 Å². The van der Waals surface area contributed by atoms with Crippen LogP contribution in [0.15, 0.2) is 0 Å². The molecule has 0 amide bonds. The Labute approximate surface area is 131 Å². The molecule has 3 heteroatoms. The second-order valence-corrected chi connectivity index (χ2v) is 8.51. The number of hydrogen-bond donors (Lipinski definition) is 1. The zero-order valence-electron chi connectivity index (χ0n) is 15.0. The second-order valence-electron chi connectivity index (χ2n) is 8.51. The van der Waals surface area contributed by atoms with Gasteiger partial charge >= 0.3 is 0 Å². The molecule has 1 saturated heterocycles. The highest BCUT2D eigenvalue weighted by Crippen LogP contribution is 2.40. The molecule has 2 rings (SSSR count). The SMILES string of the molecule is CNC1CCC(C(C)(C)C)CC1CN1CC(C)OC(C)C1. The Balaban J connectivity index is 1.97. The smallest absolute Gasteiger partial charge is 0.0678 e. The summed E-state index contributed by atoms with van der Waals surface area (Å²) in [6.07, 6.45) is 4.84. The van der Waals surface area contributed by atoms with Gasteiger partial charge in [0.1, 0.15) is 0 Å². The third-order valence-corrected chi connectivity index (χ3v) is 5.57. The Morgan fingerprint density at radius 3 is 2.24 bits per heavy atom. The van der Waals surface area contributed by atoms with E-state index in [9.17, 15) is 0 Å². The van der Waals surface area contributed by atoms with Gasteiger partial charge in [-0.2, -0.15) is 0 Å². The van der Waals surface area contributed by atoms with Gasteiger partial charge in [-0.05, 0) is 57.4 Å². The number of hydrogen-bond acceptors (Lipinski definition) is 3. The highest BCUT2D eigenvalue weighted by molar-refractivity contribution is 4.90. The zero-order chi connectivity index (χ0) is 15.6. The molecule has 1 aliphatic carbocycles. The molecule has 2 aliphatic rings. The summed E-state index contributed by atoms with van der Waals surface area (Å²) >= 11 is 0. The van der Waals surface area contributed by atoms with E-state index in [4.69, 9.17) is 4.74 Å². The average Bonchev–Trinajstić information content (AvgIpc) is 2.36. The molecule has 1 saturated carbocycles. The standard InChI is InChI=1S/C18H36N2O/c1-13-10-20(11-14(2)21-13)12-15-9-16(18(3,4)5)7-8-17(15)19-6/h13-17,19H,7-12H2,1-6H3. The van der Waals surface area contributed by atoms with Crippen LogP contribution in [-0.4, -0.2) is 49.8 Å². The first-order valence-corrected chi connectivity index (χ1v) is 8.84. The van der Waals surface area contributed by atoms with Crippen molar-refractivity contribution >= 4 is 0 Å². The van der Waals surface area contributed by atoms with Gasteiger partial charge in [0.2, 0.25) is 0 Å². The number of rotatable bonds is 3. The maximum absolute atomic E-state index is 5.88. The van der Waals surface area contributed by atoms with Crippen molar-refractivity contribution in [2.45, 2.75) is 72.1 Å². The molecule has 5 unspecified atom stereocenters. The summed E-state index contributed by atoms with van der Waals surface area (Å²) in [4.78, 5) is 2.64. The summed E-state index contributed by atoms with van der Waals surface area (Å²) in [5.74, 6) is 1.65. The summed E-state index contributed by atoms with van der Waals surface area (Å²) in [6.45, 7) is 15.1. The van der Waals surface area contributed by atoms with Crippen LogP contribution in [0.4, 0.5) is 0 Å². The minimum atomic E-state index is 0.379. The Kier molecular flexibility index (Phi) is 5.72. The zero-order valence-corrected chi connectivity index (χ0v) is 15.0. The van der Waals surface area contributed by atoms with Gasteiger partial charge in [-0.15, -0.1) is 0 Å². The minimum Gasteiger partial charge on any atom is -0.373 e. The fraction of sp³-hybridized carbons (Fsp3) is 1.00. The molecule has 2 fully saturated rings. The van der Waals surface area contributed by atoms with Gasteiger partial charge in [0.05, 0.1) is 12.2 Å².